The Bertz CT molecular complexity index is 677. The smallest absolute Gasteiger partial charge is 0.231 e. The second-order valence-electron chi connectivity index (χ2n) is 5.64. The van der Waals surface area contributed by atoms with Gasteiger partial charge in [-0.2, -0.15) is 0 Å². The molecule has 2 aromatic rings. The minimum atomic E-state index is 0.135. The van der Waals surface area contributed by atoms with Crippen LogP contribution in [0.5, 0.6) is 0 Å². The predicted molar refractivity (Wildman–Crippen MR) is 84.6 cm³/mol. The average molecular weight is 281 g/mol. The quantitative estimate of drug-likeness (QED) is 0.849. The van der Waals surface area contributed by atoms with Crippen LogP contribution < -0.4 is 9.80 Å². The van der Waals surface area contributed by atoms with Gasteiger partial charge < -0.3 is 9.80 Å². The zero-order valence-electron chi connectivity index (χ0n) is 12.6. The highest BCUT2D eigenvalue weighted by molar-refractivity contribution is 5.96. The van der Waals surface area contributed by atoms with Crippen LogP contribution in [0.15, 0.2) is 36.5 Å². The molecule has 4 nitrogen and oxygen atoms in total. The van der Waals surface area contributed by atoms with Crippen molar-refractivity contribution in [2.24, 2.45) is 0 Å². The molecule has 1 aromatic carbocycles. The van der Waals surface area contributed by atoms with Crippen LogP contribution in [0.4, 0.5) is 11.5 Å². The van der Waals surface area contributed by atoms with E-state index in [1.165, 1.54) is 16.7 Å². The second kappa shape index (κ2) is 5.20. The molecule has 0 spiro atoms. The Morgan fingerprint density at radius 2 is 2.00 bits per heavy atom. The molecule has 2 heterocycles. The minimum absolute atomic E-state index is 0.135. The summed E-state index contributed by atoms with van der Waals surface area (Å²) in [5.74, 6) is 1.02. The number of carbonyl (C=O) groups excluding carboxylic acids is 1. The number of anilines is 2. The molecule has 0 fully saturated rings. The highest BCUT2D eigenvalue weighted by Crippen LogP contribution is 2.27. The van der Waals surface area contributed by atoms with Crippen LogP contribution in [0.25, 0.3) is 0 Å². The average Bonchev–Trinajstić information content (AvgIpc) is 2.48. The van der Waals surface area contributed by atoms with E-state index in [-0.39, 0.29) is 5.91 Å². The third-order valence-corrected chi connectivity index (χ3v) is 3.97. The van der Waals surface area contributed by atoms with Gasteiger partial charge in [0.15, 0.2) is 0 Å². The lowest BCUT2D eigenvalue weighted by Gasteiger charge is -2.29. The number of carbonyl (C=O) groups is 1. The first-order valence-electron chi connectivity index (χ1n) is 7.07. The third kappa shape index (κ3) is 2.49. The molecule has 108 valence electrons. The summed E-state index contributed by atoms with van der Waals surface area (Å²) in [6.45, 7) is 2.69. The van der Waals surface area contributed by atoms with Gasteiger partial charge >= 0.3 is 0 Å². The number of hydrogen-bond acceptors (Lipinski definition) is 3. The molecule has 0 bridgehead atoms. The monoisotopic (exact) mass is 281 g/mol. The fourth-order valence-corrected chi connectivity index (χ4v) is 2.71. The van der Waals surface area contributed by atoms with Gasteiger partial charge in [-0.25, -0.2) is 4.98 Å². The number of amides is 1. The maximum atomic E-state index is 12.4. The van der Waals surface area contributed by atoms with Crippen molar-refractivity contribution >= 4 is 17.4 Å². The van der Waals surface area contributed by atoms with Crippen LogP contribution in [-0.2, 0) is 17.8 Å². The molecule has 0 saturated carbocycles. The lowest BCUT2D eigenvalue weighted by molar-refractivity contribution is -0.118. The first-order chi connectivity index (χ1) is 10.1. The van der Waals surface area contributed by atoms with Gasteiger partial charge in [-0.15, -0.1) is 0 Å². The summed E-state index contributed by atoms with van der Waals surface area (Å²) in [4.78, 5) is 20.6. The highest BCUT2D eigenvalue weighted by Gasteiger charge is 2.25. The molecular formula is C17H19N3O. The zero-order chi connectivity index (χ0) is 15.0. The number of aryl methyl sites for hydroxylation is 1. The Morgan fingerprint density at radius 1 is 1.19 bits per heavy atom. The summed E-state index contributed by atoms with van der Waals surface area (Å²) >= 11 is 0. The molecule has 0 N–H and O–H groups in total. The van der Waals surface area contributed by atoms with E-state index in [4.69, 9.17) is 0 Å². The molecular weight excluding hydrogens is 262 g/mol. The summed E-state index contributed by atoms with van der Waals surface area (Å²) in [7, 11) is 3.90. The molecule has 1 amide bonds. The van der Waals surface area contributed by atoms with Crippen LogP contribution in [0.1, 0.15) is 16.7 Å². The predicted octanol–water partition coefficient (Wildman–Crippen LogP) is 2.55. The van der Waals surface area contributed by atoms with Gasteiger partial charge in [-0.3, -0.25) is 4.79 Å². The topological polar surface area (TPSA) is 36.4 Å². The van der Waals surface area contributed by atoms with Gasteiger partial charge in [-0.1, -0.05) is 18.2 Å². The molecule has 1 aliphatic rings. The van der Waals surface area contributed by atoms with E-state index in [1.807, 2.05) is 36.0 Å². The molecule has 21 heavy (non-hydrogen) atoms. The second-order valence-corrected chi connectivity index (χ2v) is 5.64. The van der Waals surface area contributed by atoms with Crippen molar-refractivity contribution in [2.75, 3.05) is 23.9 Å². The summed E-state index contributed by atoms with van der Waals surface area (Å²) < 4.78 is 0. The van der Waals surface area contributed by atoms with Gasteiger partial charge in [0.25, 0.3) is 0 Å². The first-order valence-corrected chi connectivity index (χ1v) is 7.07. The molecule has 0 saturated heterocycles. The summed E-state index contributed by atoms with van der Waals surface area (Å²) in [6, 6.07) is 10.1. The maximum Gasteiger partial charge on any atom is 0.231 e. The Labute approximate surface area is 125 Å². The van der Waals surface area contributed by atoms with Gasteiger partial charge in [0.1, 0.15) is 5.82 Å². The number of rotatable bonds is 2. The fraction of sp³-hybridized carbons (Fsp3) is 0.294. The molecule has 3 rings (SSSR count). The Morgan fingerprint density at radius 3 is 2.67 bits per heavy atom. The minimum Gasteiger partial charge on any atom is -0.363 e. The number of hydrogen-bond donors (Lipinski definition) is 0. The number of fused-ring (bicyclic) bond motifs is 1. The molecule has 0 atom stereocenters. The van der Waals surface area contributed by atoms with Crippen molar-refractivity contribution in [2.45, 2.75) is 19.9 Å². The number of aromatic nitrogens is 1. The summed E-state index contributed by atoms with van der Waals surface area (Å²) in [5.41, 5.74) is 4.46. The normalized spacial score (nSPS) is 14.0. The van der Waals surface area contributed by atoms with Crippen molar-refractivity contribution in [3.63, 3.8) is 0 Å². The number of pyridine rings is 1. The van der Waals surface area contributed by atoms with Crippen LogP contribution in [0.3, 0.4) is 0 Å². The van der Waals surface area contributed by atoms with E-state index in [0.29, 0.717) is 13.0 Å². The van der Waals surface area contributed by atoms with Crippen molar-refractivity contribution in [3.8, 4) is 0 Å². The molecule has 0 unspecified atom stereocenters. The van der Waals surface area contributed by atoms with Crippen LogP contribution in [-0.4, -0.2) is 25.0 Å². The van der Waals surface area contributed by atoms with E-state index in [1.54, 1.807) is 6.20 Å². The van der Waals surface area contributed by atoms with E-state index in [0.717, 1.165) is 11.5 Å². The number of nitrogens with zero attached hydrogens (tertiary/aromatic N) is 3. The fourth-order valence-electron chi connectivity index (χ4n) is 2.71. The van der Waals surface area contributed by atoms with E-state index < -0.39 is 0 Å². The van der Waals surface area contributed by atoms with Crippen LogP contribution in [0, 0.1) is 6.92 Å². The van der Waals surface area contributed by atoms with Crippen LogP contribution >= 0.6 is 0 Å². The Kier molecular flexibility index (Phi) is 3.37. The first kappa shape index (κ1) is 13.6. The van der Waals surface area contributed by atoms with Crippen molar-refractivity contribution in [1.82, 2.24) is 4.98 Å². The zero-order valence-corrected chi connectivity index (χ0v) is 12.6. The van der Waals surface area contributed by atoms with Crippen LogP contribution in [0.2, 0.25) is 0 Å². The molecule has 0 aliphatic carbocycles. The Hall–Kier alpha value is -2.36. The van der Waals surface area contributed by atoms with E-state index >= 15 is 0 Å². The van der Waals surface area contributed by atoms with Crippen molar-refractivity contribution < 1.29 is 4.79 Å². The van der Waals surface area contributed by atoms with Gasteiger partial charge in [0.2, 0.25) is 5.91 Å². The summed E-state index contributed by atoms with van der Waals surface area (Å²) in [6.07, 6.45) is 2.24. The van der Waals surface area contributed by atoms with Gasteiger partial charge in [0.05, 0.1) is 24.8 Å². The molecule has 1 aliphatic heterocycles. The van der Waals surface area contributed by atoms with Gasteiger partial charge in [0, 0.05) is 14.1 Å². The van der Waals surface area contributed by atoms with E-state index in [2.05, 4.69) is 30.1 Å². The van der Waals surface area contributed by atoms with Crippen molar-refractivity contribution in [3.05, 3.63) is 53.2 Å². The summed E-state index contributed by atoms with van der Waals surface area (Å²) in [5, 5.41) is 0. The lowest BCUT2D eigenvalue weighted by Crippen LogP contribution is -2.36. The molecule has 1 aromatic heterocycles. The Balaban J connectivity index is 1.92. The number of benzene rings is 1. The highest BCUT2D eigenvalue weighted by atomic mass is 16.2. The largest absolute Gasteiger partial charge is 0.363 e. The van der Waals surface area contributed by atoms with E-state index in [9.17, 15) is 4.79 Å². The SMILES string of the molecule is Cc1cccc2c1CC(=O)N(c1ccc(N(C)C)nc1)C2. The van der Waals surface area contributed by atoms with Gasteiger partial charge in [-0.05, 0) is 35.7 Å². The third-order valence-electron chi connectivity index (χ3n) is 3.97. The standard InChI is InChI=1S/C17H19N3O/c1-12-5-4-6-13-11-20(17(21)9-15(12)13)14-7-8-16(18-10-14)19(2)3/h4-8,10H,9,11H2,1-3H3. The lowest BCUT2D eigenvalue weighted by atomic mass is 9.94. The molecule has 4 heteroatoms. The maximum absolute atomic E-state index is 12.4. The molecule has 0 radical (unpaired) electrons. The van der Waals surface area contributed by atoms with Crippen molar-refractivity contribution in [1.29, 1.82) is 0 Å².